The lowest BCUT2D eigenvalue weighted by Crippen LogP contribution is -2.04. The van der Waals surface area contributed by atoms with Gasteiger partial charge >= 0.3 is 0 Å². The highest BCUT2D eigenvalue weighted by atomic mass is 35.5. The minimum atomic E-state index is 0.402. The maximum Gasteiger partial charge on any atom is 0.224 e. The molecule has 0 amide bonds. The number of nitrogens with one attached hydrogen (secondary N) is 2. The summed E-state index contributed by atoms with van der Waals surface area (Å²) >= 11 is 18.4. The minimum Gasteiger partial charge on any atom is -0.354 e. The van der Waals surface area contributed by atoms with E-state index in [1.54, 1.807) is 12.1 Å². The zero-order valence-corrected chi connectivity index (χ0v) is 13.2. The molecule has 20 heavy (non-hydrogen) atoms. The van der Waals surface area contributed by atoms with Gasteiger partial charge in [0.25, 0.3) is 0 Å². The standard InChI is InChI=1S/C13H13Cl3N4/c1-3-17-13-18-6-10(16)12(20-13)19-11-5-8(14)7(2)4-9(11)15/h4-6H,3H2,1-2H3,(H2,17,18,19,20). The first kappa shape index (κ1) is 15.2. The molecular formula is C13H13Cl3N4. The van der Waals surface area contributed by atoms with Crippen LogP contribution in [0.1, 0.15) is 12.5 Å². The molecule has 0 spiro atoms. The Morgan fingerprint density at radius 1 is 1.10 bits per heavy atom. The Morgan fingerprint density at radius 3 is 2.55 bits per heavy atom. The van der Waals surface area contributed by atoms with Crippen LogP contribution in [0.5, 0.6) is 0 Å². The maximum absolute atomic E-state index is 6.18. The Labute approximate surface area is 132 Å². The number of benzene rings is 1. The van der Waals surface area contributed by atoms with Gasteiger partial charge in [0.1, 0.15) is 5.02 Å². The molecule has 0 saturated carbocycles. The summed E-state index contributed by atoms with van der Waals surface area (Å²) in [7, 11) is 0. The Balaban J connectivity index is 2.34. The summed E-state index contributed by atoms with van der Waals surface area (Å²) in [5, 5.41) is 7.65. The van der Waals surface area contributed by atoms with Gasteiger partial charge in [0.2, 0.25) is 5.95 Å². The van der Waals surface area contributed by atoms with E-state index in [4.69, 9.17) is 34.8 Å². The van der Waals surface area contributed by atoms with Crippen LogP contribution in [0.15, 0.2) is 18.3 Å². The second kappa shape index (κ2) is 6.48. The number of aromatic nitrogens is 2. The molecule has 1 aromatic carbocycles. The SMILES string of the molecule is CCNc1ncc(Cl)c(Nc2cc(Cl)c(C)cc2Cl)n1. The van der Waals surface area contributed by atoms with Crippen LogP contribution in [0.2, 0.25) is 15.1 Å². The number of rotatable bonds is 4. The van der Waals surface area contributed by atoms with E-state index in [-0.39, 0.29) is 0 Å². The molecular weight excluding hydrogens is 319 g/mol. The topological polar surface area (TPSA) is 49.8 Å². The Morgan fingerprint density at radius 2 is 1.85 bits per heavy atom. The highest BCUT2D eigenvalue weighted by Crippen LogP contribution is 2.32. The van der Waals surface area contributed by atoms with Crippen molar-refractivity contribution in [1.29, 1.82) is 0 Å². The third-order valence-corrected chi connectivity index (χ3v) is 3.58. The molecule has 1 aromatic heterocycles. The van der Waals surface area contributed by atoms with Crippen molar-refractivity contribution in [2.75, 3.05) is 17.2 Å². The van der Waals surface area contributed by atoms with Gasteiger partial charge < -0.3 is 10.6 Å². The van der Waals surface area contributed by atoms with E-state index in [2.05, 4.69) is 20.6 Å². The third kappa shape index (κ3) is 3.45. The molecule has 1 heterocycles. The zero-order valence-electron chi connectivity index (χ0n) is 11.0. The third-order valence-electron chi connectivity index (χ3n) is 2.58. The number of hydrogen-bond acceptors (Lipinski definition) is 4. The summed E-state index contributed by atoms with van der Waals surface area (Å²) in [4.78, 5) is 8.35. The smallest absolute Gasteiger partial charge is 0.224 e. The van der Waals surface area contributed by atoms with Crippen molar-refractivity contribution < 1.29 is 0 Å². The Bertz CT molecular complexity index is 631. The molecule has 106 valence electrons. The van der Waals surface area contributed by atoms with Crippen LogP contribution >= 0.6 is 34.8 Å². The van der Waals surface area contributed by atoms with Crippen LogP contribution in [0.4, 0.5) is 17.5 Å². The first-order valence-corrected chi connectivity index (χ1v) is 7.13. The predicted molar refractivity (Wildman–Crippen MR) is 85.7 cm³/mol. The lowest BCUT2D eigenvalue weighted by molar-refractivity contribution is 1.09. The number of hydrogen-bond donors (Lipinski definition) is 2. The van der Waals surface area contributed by atoms with E-state index < -0.39 is 0 Å². The monoisotopic (exact) mass is 330 g/mol. The van der Waals surface area contributed by atoms with Gasteiger partial charge in [-0.25, -0.2) is 4.98 Å². The summed E-state index contributed by atoms with van der Waals surface area (Å²) < 4.78 is 0. The summed E-state index contributed by atoms with van der Waals surface area (Å²) in [6, 6.07) is 3.52. The van der Waals surface area contributed by atoms with E-state index in [1.807, 2.05) is 13.8 Å². The molecule has 4 nitrogen and oxygen atoms in total. The Hall–Kier alpha value is -1.23. The number of nitrogens with zero attached hydrogens (tertiary/aromatic N) is 2. The zero-order chi connectivity index (χ0) is 14.7. The molecule has 0 aliphatic heterocycles. The summed E-state index contributed by atoms with van der Waals surface area (Å²) in [6.45, 7) is 4.57. The van der Waals surface area contributed by atoms with Gasteiger partial charge in [-0.3, -0.25) is 0 Å². The molecule has 2 rings (SSSR count). The molecule has 0 unspecified atom stereocenters. The first-order valence-electron chi connectivity index (χ1n) is 6.00. The largest absolute Gasteiger partial charge is 0.354 e. The van der Waals surface area contributed by atoms with E-state index in [1.165, 1.54) is 6.20 Å². The highest BCUT2D eigenvalue weighted by molar-refractivity contribution is 6.36. The van der Waals surface area contributed by atoms with Gasteiger partial charge in [-0.1, -0.05) is 34.8 Å². The summed E-state index contributed by atoms with van der Waals surface area (Å²) in [6.07, 6.45) is 1.53. The van der Waals surface area contributed by atoms with Crippen LogP contribution in [0, 0.1) is 6.92 Å². The molecule has 0 aliphatic carbocycles. The molecule has 2 aromatic rings. The minimum absolute atomic E-state index is 0.402. The fraction of sp³-hybridized carbons (Fsp3) is 0.231. The molecule has 0 bridgehead atoms. The van der Waals surface area contributed by atoms with Gasteiger partial charge in [0.05, 0.1) is 16.9 Å². The molecule has 0 atom stereocenters. The quantitative estimate of drug-likeness (QED) is 0.835. The average Bonchev–Trinajstić information content (AvgIpc) is 2.40. The van der Waals surface area contributed by atoms with Crippen LogP contribution in [-0.2, 0) is 0 Å². The van der Waals surface area contributed by atoms with E-state index in [0.717, 1.165) is 12.1 Å². The second-order valence-electron chi connectivity index (χ2n) is 4.13. The van der Waals surface area contributed by atoms with Crippen molar-refractivity contribution in [3.63, 3.8) is 0 Å². The highest BCUT2D eigenvalue weighted by Gasteiger charge is 2.09. The van der Waals surface area contributed by atoms with Gasteiger partial charge in [-0.2, -0.15) is 4.98 Å². The number of aryl methyl sites for hydroxylation is 1. The van der Waals surface area contributed by atoms with Crippen molar-refractivity contribution in [2.24, 2.45) is 0 Å². The van der Waals surface area contributed by atoms with E-state index in [0.29, 0.717) is 32.5 Å². The maximum atomic E-state index is 6.18. The van der Waals surface area contributed by atoms with Crippen LogP contribution in [0.3, 0.4) is 0 Å². The van der Waals surface area contributed by atoms with Gasteiger partial charge in [0, 0.05) is 11.6 Å². The molecule has 0 aliphatic rings. The first-order chi connectivity index (χ1) is 9.51. The van der Waals surface area contributed by atoms with Crippen molar-refractivity contribution in [2.45, 2.75) is 13.8 Å². The van der Waals surface area contributed by atoms with Crippen molar-refractivity contribution in [3.8, 4) is 0 Å². The number of halogens is 3. The van der Waals surface area contributed by atoms with Crippen LogP contribution < -0.4 is 10.6 Å². The molecule has 2 N–H and O–H groups in total. The average molecular weight is 332 g/mol. The fourth-order valence-corrected chi connectivity index (χ4v) is 2.14. The number of anilines is 3. The van der Waals surface area contributed by atoms with Crippen LogP contribution in [-0.4, -0.2) is 16.5 Å². The normalized spacial score (nSPS) is 10.4. The molecule has 0 fully saturated rings. The van der Waals surface area contributed by atoms with Crippen molar-refractivity contribution in [1.82, 2.24) is 9.97 Å². The fourth-order valence-electron chi connectivity index (χ4n) is 1.57. The van der Waals surface area contributed by atoms with Crippen molar-refractivity contribution >= 4 is 52.3 Å². The van der Waals surface area contributed by atoms with Gasteiger partial charge in [-0.05, 0) is 31.5 Å². The molecule has 0 saturated heterocycles. The summed E-state index contributed by atoms with van der Waals surface area (Å²) in [5.74, 6) is 0.966. The van der Waals surface area contributed by atoms with Crippen LogP contribution in [0.25, 0.3) is 0 Å². The van der Waals surface area contributed by atoms with E-state index in [9.17, 15) is 0 Å². The van der Waals surface area contributed by atoms with E-state index >= 15 is 0 Å². The predicted octanol–water partition coefficient (Wildman–Crippen LogP) is 4.92. The summed E-state index contributed by atoms with van der Waals surface area (Å²) in [5.41, 5.74) is 1.55. The van der Waals surface area contributed by atoms with Gasteiger partial charge in [-0.15, -0.1) is 0 Å². The lowest BCUT2D eigenvalue weighted by Gasteiger charge is -2.12. The molecule has 0 radical (unpaired) electrons. The molecule has 7 heteroatoms. The van der Waals surface area contributed by atoms with Crippen molar-refractivity contribution in [3.05, 3.63) is 39.0 Å². The lowest BCUT2D eigenvalue weighted by atomic mass is 10.2. The van der Waals surface area contributed by atoms with Gasteiger partial charge in [0.15, 0.2) is 5.82 Å². The second-order valence-corrected chi connectivity index (χ2v) is 5.35. The Kier molecular flexibility index (Phi) is 4.91.